The number of rotatable bonds is 5. The lowest BCUT2D eigenvalue weighted by Gasteiger charge is -2.28. The van der Waals surface area contributed by atoms with Gasteiger partial charge in [0.25, 0.3) is 0 Å². The second-order valence-electron chi connectivity index (χ2n) is 4.09. The van der Waals surface area contributed by atoms with Gasteiger partial charge in [-0.05, 0) is 6.42 Å². The van der Waals surface area contributed by atoms with Gasteiger partial charge in [-0.1, -0.05) is 6.92 Å². The molecule has 25 heavy (non-hydrogen) atoms. The molecule has 0 aliphatic rings. The number of carbonyl (C=O) groups is 3. The molecule has 0 spiro atoms. The minimum atomic E-state index is -6.02. The van der Waals surface area contributed by atoms with Crippen molar-refractivity contribution in [3.8, 4) is 0 Å². The van der Waals surface area contributed by atoms with Crippen molar-refractivity contribution in [1.82, 2.24) is 0 Å². The lowest BCUT2D eigenvalue weighted by molar-refractivity contribution is -0.209. The third-order valence-corrected chi connectivity index (χ3v) is 4.60. The second-order valence-corrected chi connectivity index (χ2v) is 6.57. The molecule has 0 aromatic heterocycles. The third-order valence-electron chi connectivity index (χ3n) is 2.00. The van der Waals surface area contributed by atoms with E-state index in [1.165, 1.54) is 0 Å². The van der Waals surface area contributed by atoms with Crippen molar-refractivity contribution < 1.29 is 67.2 Å². The van der Waals surface area contributed by atoms with Crippen molar-refractivity contribution in [2.24, 2.45) is 0 Å². The monoisotopic (exact) mass is 410 g/mol. The Hall–Kier alpha value is -2.00. The summed E-state index contributed by atoms with van der Waals surface area (Å²) in [5.41, 5.74) is 0. The van der Waals surface area contributed by atoms with Gasteiger partial charge >= 0.3 is 45.2 Å². The number of hydrogen-bond acceptors (Lipinski definition) is 6. The van der Waals surface area contributed by atoms with Crippen LogP contribution in [0.25, 0.3) is 0 Å². The van der Waals surface area contributed by atoms with Crippen LogP contribution in [0.15, 0.2) is 0 Å². The average Bonchev–Trinajstić information content (AvgIpc) is 2.35. The zero-order valence-corrected chi connectivity index (χ0v) is 12.8. The highest BCUT2D eigenvalue weighted by Gasteiger charge is 2.62. The molecule has 0 saturated heterocycles. The molecule has 0 saturated carbocycles. The highest BCUT2D eigenvalue weighted by molar-refractivity contribution is 6.65. The standard InChI is InChI=1S/C9H7F9O6Si/c1-2-3-25(22-4(19)7(10,11)12,23-5(20)8(13,14)15)24-6(21)9(16,17)18/h2-3H2,1H3. The van der Waals surface area contributed by atoms with E-state index in [0.29, 0.717) is 0 Å². The maximum atomic E-state index is 12.2. The highest BCUT2D eigenvalue weighted by Crippen LogP contribution is 2.30. The molecule has 0 bridgehead atoms. The molecule has 0 aliphatic heterocycles. The molecular weight excluding hydrogens is 403 g/mol. The number of alkyl halides is 9. The first-order valence-corrected chi connectivity index (χ1v) is 7.78. The van der Waals surface area contributed by atoms with Crippen LogP contribution in [0.3, 0.4) is 0 Å². The predicted molar refractivity (Wildman–Crippen MR) is 57.3 cm³/mol. The fourth-order valence-electron chi connectivity index (χ4n) is 1.12. The van der Waals surface area contributed by atoms with E-state index in [4.69, 9.17) is 0 Å². The van der Waals surface area contributed by atoms with Crippen molar-refractivity contribution in [2.45, 2.75) is 37.9 Å². The Morgan fingerprint density at radius 3 is 1.08 bits per heavy atom. The fourth-order valence-corrected chi connectivity index (χ4v) is 3.36. The first-order valence-electron chi connectivity index (χ1n) is 5.85. The van der Waals surface area contributed by atoms with Crippen LogP contribution >= 0.6 is 0 Å². The van der Waals surface area contributed by atoms with Gasteiger partial charge in [0.2, 0.25) is 0 Å². The van der Waals surface area contributed by atoms with Gasteiger partial charge in [-0.15, -0.1) is 0 Å². The zero-order valence-electron chi connectivity index (χ0n) is 11.8. The Bertz CT molecular complexity index is 454. The fraction of sp³-hybridized carbons (Fsp3) is 0.667. The molecule has 16 heteroatoms. The SMILES string of the molecule is CCC[Si](OC(=O)C(F)(F)F)(OC(=O)C(F)(F)F)OC(=O)C(F)(F)F. The van der Waals surface area contributed by atoms with Crippen molar-refractivity contribution in [2.75, 3.05) is 0 Å². The first-order chi connectivity index (χ1) is 10.9. The molecule has 0 radical (unpaired) electrons. The summed E-state index contributed by atoms with van der Waals surface area (Å²) in [5.74, 6) is -9.88. The smallest absolute Gasteiger partial charge is 0.448 e. The van der Waals surface area contributed by atoms with E-state index in [1.807, 2.05) is 0 Å². The summed E-state index contributed by atoms with van der Waals surface area (Å²) in [5, 5.41) is 0. The maximum absolute atomic E-state index is 12.2. The largest absolute Gasteiger partial charge is 0.705 e. The Labute approximate surface area is 133 Å². The molecule has 0 aromatic carbocycles. The molecule has 0 unspecified atom stereocenters. The van der Waals surface area contributed by atoms with Crippen LogP contribution in [0.5, 0.6) is 0 Å². The van der Waals surface area contributed by atoms with E-state index < -0.39 is 57.7 Å². The molecule has 0 rings (SSSR count). The lowest BCUT2D eigenvalue weighted by Crippen LogP contribution is -2.55. The minimum absolute atomic E-state index is 0.562. The van der Waals surface area contributed by atoms with Gasteiger partial charge in [-0.2, -0.15) is 39.5 Å². The summed E-state index contributed by atoms with van der Waals surface area (Å²) in [4.78, 5) is 32.3. The van der Waals surface area contributed by atoms with Crippen LogP contribution in [0.2, 0.25) is 6.04 Å². The van der Waals surface area contributed by atoms with Crippen LogP contribution in [0.1, 0.15) is 13.3 Å². The molecule has 0 atom stereocenters. The lowest BCUT2D eigenvalue weighted by atomic mass is 10.6. The molecule has 0 aliphatic carbocycles. The Balaban J connectivity index is 5.88. The summed E-state index contributed by atoms with van der Waals surface area (Å²) >= 11 is 0. The molecule has 0 amide bonds. The van der Waals surface area contributed by atoms with E-state index >= 15 is 0 Å². The minimum Gasteiger partial charge on any atom is -0.448 e. The van der Waals surface area contributed by atoms with Crippen LogP contribution in [-0.4, -0.2) is 45.2 Å². The van der Waals surface area contributed by atoms with E-state index in [1.54, 1.807) is 0 Å². The molecule has 0 N–H and O–H groups in total. The van der Waals surface area contributed by atoms with Crippen molar-refractivity contribution >= 4 is 26.7 Å². The van der Waals surface area contributed by atoms with E-state index in [0.717, 1.165) is 6.92 Å². The van der Waals surface area contributed by atoms with Gasteiger partial charge in [0.1, 0.15) is 0 Å². The van der Waals surface area contributed by atoms with Crippen molar-refractivity contribution in [3.63, 3.8) is 0 Å². The Kier molecular flexibility index (Phi) is 6.88. The van der Waals surface area contributed by atoms with Crippen molar-refractivity contribution in [1.29, 1.82) is 0 Å². The summed E-state index contributed by atoms with van der Waals surface area (Å²) in [7, 11) is -6.02. The van der Waals surface area contributed by atoms with Crippen molar-refractivity contribution in [3.05, 3.63) is 0 Å². The van der Waals surface area contributed by atoms with Gasteiger partial charge in [-0.25, -0.2) is 14.4 Å². The number of carbonyl (C=O) groups excluding carboxylic acids is 3. The predicted octanol–water partition coefficient (Wildman–Crippen LogP) is 2.65. The molecule has 6 nitrogen and oxygen atoms in total. The summed E-state index contributed by atoms with van der Waals surface area (Å²) in [6.07, 6.45) is -18.2. The first kappa shape index (κ1) is 23.0. The number of halogens is 9. The zero-order chi connectivity index (χ0) is 20.3. The normalized spacial score (nSPS) is 13.2. The van der Waals surface area contributed by atoms with Gasteiger partial charge < -0.3 is 13.3 Å². The van der Waals surface area contributed by atoms with Crippen LogP contribution in [0.4, 0.5) is 39.5 Å². The van der Waals surface area contributed by atoms with E-state index in [2.05, 4.69) is 13.3 Å². The van der Waals surface area contributed by atoms with Gasteiger partial charge in [0, 0.05) is 0 Å². The van der Waals surface area contributed by atoms with Gasteiger partial charge in [0.15, 0.2) is 0 Å². The van der Waals surface area contributed by atoms with Crippen LogP contribution < -0.4 is 0 Å². The Morgan fingerprint density at radius 2 is 0.920 bits per heavy atom. The summed E-state index contributed by atoms with van der Waals surface area (Å²) in [6, 6.07) is -1.31. The van der Waals surface area contributed by atoms with Crippen LogP contribution in [0, 0.1) is 0 Å². The summed E-state index contributed by atoms with van der Waals surface area (Å²) < 4.78 is 120. The van der Waals surface area contributed by atoms with Gasteiger partial charge in [-0.3, -0.25) is 0 Å². The topological polar surface area (TPSA) is 78.9 Å². The number of hydrogen-bond donors (Lipinski definition) is 0. The third kappa shape index (κ3) is 7.18. The quantitative estimate of drug-likeness (QED) is 0.512. The van der Waals surface area contributed by atoms with Crippen LogP contribution in [-0.2, 0) is 27.7 Å². The highest BCUT2D eigenvalue weighted by atomic mass is 28.4. The average molecular weight is 410 g/mol. The molecular formula is C9H7F9O6Si. The molecule has 146 valence electrons. The molecule has 0 aromatic rings. The summed E-state index contributed by atoms with van der Waals surface area (Å²) in [6.45, 7) is 1.01. The second kappa shape index (κ2) is 7.48. The molecule has 0 fully saturated rings. The van der Waals surface area contributed by atoms with Gasteiger partial charge in [0.05, 0.1) is 6.04 Å². The van der Waals surface area contributed by atoms with E-state index in [-0.39, 0.29) is 0 Å². The molecule has 0 heterocycles. The van der Waals surface area contributed by atoms with E-state index in [9.17, 15) is 53.9 Å². The Morgan fingerprint density at radius 1 is 0.680 bits per heavy atom. The maximum Gasteiger partial charge on any atom is 0.705 e.